The van der Waals surface area contributed by atoms with Crippen molar-refractivity contribution >= 4 is 32.7 Å². The summed E-state index contributed by atoms with van der Waals surface area (Å²) >= 11 is 0. The van der Waals surface area contributed by atoms with Gasteiger partial charge in [0.05, 0.1) is 16.6 Å². The molecule has 0 fully saturated rings. The highest BCUT2D eigenvalue weighted by Crippen LogP contribution is 2.38. The van der Waals surface area contributed by atoms with Crippen molar-refractivity contribution in [2.75, 3.05) is 0 Å². The Balaban J connectivity index is 1.24. The second kappa shape index (κ2) is 10.7. The molecule has 0 atom stereocenters. The van der Waals surface area contributed by atoms with Gasteiger partial charge in [-0.2, -0.15) is 0 Å². The monoisotopic (exact) mass is 589 g/mol. The summed E-state index contributed by atoms with van der Waals surface area (Å²) in [6, 6.07) is 54.6. The van der Waals surface area contributed by atoms with Crippen LogP contribution < -0.4 is 0 Å². The van der Waals surface area contributed by atoms with E-state index < -0.39 is 0 Å². The van der Waals surface area contributed by atoms with Gasteiger partial charge in [0.25, 0.3) is 0 Å². The summed E-state index contributed by atoms with van der Waals surface area (Å²) in [5.41, 5.74) is 8.57. The van der Waals surface area contributed by atoms with Crippen LogP contribution in [0.3, 0.4) is 0 Å². The molecule has 5 nitrogen and oxygen atoms in total. The molecule has 0 aliphatic heterocycles. The van der Waals surface area contributed by atoms with Crippen LogP contribution in [0.15, 0.2) is 164 Å². The van der Waals surface area contributed by atoms with E-state index in [-0.39, 0.29) is 0 Å². The summed E-state index contributed by atoms with van der Waals surface area (Å²) in [5.74, 6) is 1.95. The molecular weight excluding hydrogens is 562 g/mol. The molecule has 3 heterocycles. The minimum atomic E-state index is 0.641. The molecule has 0 amide bonds. The number of aromatic nitrogens is 5. The Morgan fingerprint density at radius 3 is 1.54 bits per heavy atom. The van der Waals surface area contributed by atoms with Gasteiger partial charge in [0.15, 0.2) is 17.5 Å². The van der Waals surface area contributed by atoms with Gasteiger partial charge in [-0.05, 0) is 48.5 Å². The van der Waals surface area contributed by atoms with Crippen molar-refractivity contribution in [3.8, 4) is 45.5 Å². The quantitative estimate of drug-likeness (QED) is 0.201. The number of para-hydroxylation sites is 2. The van der Waals surface area contributed by atoms with Crippen LogP contribution in [0.1, 0.15) is 0 Å². The summed E-state index contributed by atoms with van der Waals surface area (Å²) in [5, 5.41) is 3.64. The van der Waals surface area contributed by atoms with Crippen LogP contribution in [0.25, 0.3) is 78.2 Å². The van der Waals surface area contributed by atoms with Crippen LogP contribution in [-0.2, 0) is 0 Å². The van der Waals surface area contributed by atoms with Gasteiger partial charge < -0.3 is 9.13 Å². The fourth-order valence-corrected chi connectivity index (χ4v) is 6.44. The maximum absolute atomic E-state index is 4.94. The van der Waals surface area contributed by atoms with Gasteiger partial charge in [-0.3, -0.25) is 0 Å². The third kappa shape index (κ3) is 4.29. The second-order valence-electron chi connectivity index (χ2n) is 11.4. The number of benzene rings is 6. The van der Waals surface area contributed by atoms with Crippen LogP contribution in [-0.4, -0.2) is 24.1 Å². The van der Waals surface area contributed by atoms with Crippen molar-refractivity contribution < 1.29 is 0 Å². The topological polar surface area (TPSA) is 48.5 Å². The summed E-state index contributed by atoms with van der Waals surface area (Å²) in [6.07, 6.45) is 2.17. The molecule has 0 saturated carbocycles. The molecule has 9 rings (SSSR count). The molecular formula is C41H27N5. The molecule has 0 radical (unpaired) electrons. The number of fused-ring (bicyclic) bond motifs is 5. The zero-order valence-corrected chi connectivity index (χ0v) is 24.8. The fourth-order valence-electron chi connectivity index (χ4n) is 6.44. The lowest BCUT2D eigenvalue weighted by Gasteiger charge is -2.13. The molecule has 0 saturated heterocycles. The van der Waals surface area contributed by atoms with E-state index in [2.05, 4.69) is 112 Å². The smallest absolute Gasteiger partial charge is 0.164 e. The number of hydrogen-bond acceptors (Lipinski definition) is 3. The average molecular weight is 590 g/mol. The van der Waals surface area contributed by atoms with E-state index in [0.717, 1.165) is 33.6 Å². The Morgan fingerprint density at radius 1 is 0.370 bits per heavy atom. The van der Waals surface area contributed by atoms with Gasteiger partial charge in [0.2, 0.25) is 0 Å². The molecule has 3 aromatic heterocycles. The molecule has 0 spiro atoms. The summed E-state index contributed by atoms with van der Waals surface area (Å²) in [4.78, 5) is 14.7. The lowest BCUT2D eigenvalue weighted by Crippen LogP contribution is -2.01. The van der Waals surface area contributed by atoms with E-state index in [4.69, 9.17) is 15.0 Å². The Hall–Kier alpha value is -6.33. The van der Waals surface area contributed by atoms with Crippen LogP contribution >= 0.6 is 0 Å². The maximum atomic E-state index is 4.94. The third-order valence-electron chi connectivity index (χ3n) is 8.60. The largest absolute Gasteiger partial charge is 0.315 e. The van der Waals surface area contributed by atoms with Gasteiger partial charge >= 0.3 is 0 Å². The van der Waals surface area contributed by atoms with Crippen LogP contribution in [0.5, 0.6) is 0 Å². The zero-order chi connectivity index (χ0) is 30.5. The summed E-state index contributed by atoms with van der Waals surface area (Å²) in [7, 11) is 0. The first kappa shape index (κ1) is 26.1. The molecule has 6 aromatic carbocycles. The van der Waals surface area contributed by atoms with Gasteiger partial charge in [-0.1, -0.05) is 109 Å². The van der Waals surface area contributed by atoms with Crippen LogP contribution in [0.2, 0.25) is 0 Å². The van der Waals surface area contributed by atoms with Gasteiger partial charge in [-0.25, -0.2) is 15.0 Å². The Kier molecular flexibility index (Phi) is 6.06. The van der Waals surface area contributed by atoms with Gasteiger partial charge in [0.1, 0.15) is 0 Å². The highest BCUT2D eigenvalue weighted by molar-refractivity contribution is 6.18. The highest BCUT2D eigenvalue weighted by atomic mass is 15.0. The molecule has 46 heavy (non-hydrogen) atoms. The number of nitrogens with zero attached hydrogens (tertiary/aromatic N) is 5. The highest BCUT2D eigenvalue weighted by Gasteiger charge is 2.18. The SMILES string of the molecule is c1ccc(-c2nc(-c3ccccc3)nc(-c3ccc(-n4c5ccccc5c5ccc6ccn(-c7ccccc7)c6c54)cc3)n2)cc1. The van der Waals surface area contributed by atoms with E-state index in [1.54, 1.807) is 0 Å². The van der Waals surface area contributed by atoms with E-state index in [9.17, 15) is 0 Å². The molecule has 5 heteroatoms. The summed E-state index contributed by atoms with van der Waals surface area (Å²) < 4.78 is 4.68. The molecule has 0 unspecified atom stereocenters. The van der Waals surface area contributed by atoms with Crippen molar-refractivity contribution in [2.45, 2.75) is 0 Å². The number of rotatable bonds is 5. The minimum Gasteiger partial charge on any atom is -0.315 e. The minimum absolute atomic E-state index is 0.641. The lowest BCUT2D eigenvalue weighted by molar-refractivity contribution is 1.07. The second-order valence-corrected chi connectivity index (χ2v) is 11.4. The normalized spacial score (nSPS) is 11.5. The van der Waals surface area contributed by atoms with E-state index in [1.165, 1.54) is 27.2 Å². The molecule has 0 N–H and O–H groups in total. The first-order chi connectivity index (χ1) is 22.8. The standard InChI is InChI=1S/C41H27N5/c1-4-12-29(13-5-1)39-42-40(30-14-6-2-7-15-30)44-41(43-39)31-20-23-33(24-21-31)46-36-19-11-10-18-34(36)35-25-22-28-26-27-45(37(28)38(35)46)32-16-8-3-9-17-32/h1-27H. The lowest BCUT2D eigenvalue weighted by atomic mass is 10.1. The molecule has 9 aromatic rings. The third-order valence-corrected chi connectivity index (χ3v) is 8.60. The number of hydrogen-bond donors (Lipinski definition) is 0. The van der Waals surface area contributed by atoms with E-state index in [1.807, 2.05) is 60.7 Å². The van der Waals surface area contributed by atoms with Crippen molar-refractivity contribution in [2.24, 2.45) is 0 Å². The van der Waals surface area contributed by atoms with Crippen molar-refractivity contribution in [1.82, 2.24) is 24.1 Å². The predicted octanol–water partition coefficient (Wildman–Crippen LogP) is 9.91. The molecule has 0 aliphatic carbocycles. The van der Waals surface area contributed by atoms with Crippen molar-refractivity contribution in [3.63, 3.8) is 0 Å². The Morgan fingerprint density at radius 2 is 0.913 bits per heavy atom. The van der Waals surface area contributed by atoms with Gasteiger partial charge in [-0.15, -0.1) is 0 Å². The molecule has 0 bridgehead atoms. The Labute approximate surface area is 265 Å². The average Bonchev–Trinajstić information content (AvgIpc) is 3.72. The van der Waals surface area contributed by atoms with E-state index >= 15 is 0 Å². The molecule has 0 aliphatic rings. The van der Waals surface area contributed by atoms with Crippen LogP contribution in [0, 0.1) is 0 Å². The van der Waals surface area contributed by atoms with Crippen LogP contribution in [0.4, 0.5) is 0 Å². The van der Waals surface area contributed by atoms with E-state index in [0.29, 0.717) is 17.5 Å². The molecule has 216 valence electrons. The summed E-state index contributed by atoms with van der Waals surface area (Å²) in [6.45, 7) is 0. The fraction of sp³-hybridized carbons (Fsp3) is 0. The van der Waals surface area contributed by atoms with Crippen molar-refractivity contribution in [1.29, 1.82) is 0 Å². The maximum Gasteiger partial charge on any atom is 0.164 e. The van der Waals surface area contributed by atoms with Crippen molar-refractivity contribution in [3.05, 3.63) is 164 Å². The first-order valence-corrected chi connectivity index (χ1v) is 15.4. The predicted molar refractivity (Wildman–Crippen MR) is 187 cm³/mol. The Bertz CT molecular complexity index is 2440. The first-order valence-electron chi connectivity index (χ1n) is 15.4. The van der Waals surface area contributed by atoms with Gasteiger partial charge in [0, 0.05) is 50.4 Å². The zero-order valence-electron chi connectivity index (χ0n) is 24.8.